The van der Waals surface area contributed by atoms with Gasteiger partial charge in [-0.15, -0.1) is 0 Å². The summed E-state index contributed by atoms with van der Waals surface area (Å²) in [6.45, 7) is 1.85. The zero-order valence-electron chi connectivity index (χ0n) is 9.06. The topological polar surface area (TPSA) is 44.5 Å². The summed E-state index contributed by atoms with van der Waals surface area (Å²) in [7, 11) is 0. The van der Waals surface area contributed by atoms with Crippen LogP contribution in [0.3, 0.4) is 0 Å². The number of nitrogens with two attached hydrogens (primary N) is 1. The normalized spacial score (nSPS) is 22.2. The first kappa shape index (κ1) is 11.5. The fraction of sp³-hybridized carbons (Fsp3) is 0.500. The molecule has 4 heteroatoms. The molecule has 2 atom stereocenters. The molecule has 0 amide bonds. The average molecular weight is 225 g/mol. The number of ether oxygens (including phenoxy) is 2. The molecule has 0 aliphatic carbocycles. The first-order valence-corrected chi connectivity index (χ1v) is 5.46. The SMILES string of the molecule is NC(COC1CCOC1)c1ccc(F)cc1. The van der Waals surface area contributed by atoms with Gasteiger partial charge in [0.1, 0.15) is 5.82 Å². The summed E-state index contributed by atoms with van der Waals surface area (Å²) in [6.07, 6.45) is 1.09. The lowest BCUT2D eigenvalue weighted by Crippen LogP contribution is -2.22. The van der Waals surface area contributed by atoms with Gasteiger partial charge in [-0.2, -0.15) is 0 Å². The number of hydrogen-bond donors (Lipinski definition) is 1. The van der Waals surface area contributed by atoms with Crippen molar-refractivity contribution in [2.75, 3.05) is 19.8 Å². The molecule has 2 rings (SSSR count). The maximum absolute atomic E-state index is 12.7. The summed E-state index contributed by atoms with van der Waals surface area (Å²) >= 11 is 0. The molecule has 2 N–H and O–H groups in total. The molecule has 1 heterocycles. The lowest BCUT2D eigenvalue weighted by Gasteiger charge is -2.15. The molecule has 16 heavy (non-hydrogen) atoms. The van der Waals surface area contributed by atoms with Gasteiger partial charge in [0.2, 0.25) is 0 Å². The molecule has 1 aliphatic rings. The zero-order valence-corrected chi connectivity index (χ0v) is 9.06. The fourth-order valence-corrected chi connectivity index (χ4v) is 1.69. The Morgan fingerprint density at radius 3 is 2.81 bits per heavy atom. The van der Waals surface area contributed by atoms with Gasteiger partial charge < -0.3 is 15.2 Å². The van der Waals surface area contributed by atoms with E-state index in [0.717, 1.165) is 18.6 Å². The molecule has 1 aliphatic heterocycles. The molecular formula is C12H16FNO2. The molecule has 0 radical (unpaired) electrons. The Labute approximate surface area is 94.3 Å². The van der Waals surface area contributed by atoms with Crippen LogP contribution in [0.15, 0.2) is 24.3 Å². The number of rotatable bonds is 4. The Balaban J connectivity index is 1.82. The van der Waals surface area contributed by atoms with Crippen molar-refractivity contribution in [1.29, 1.82) is 0 Å². The van der Waals surface area contributed by atoms with E-state index in [1.54, 1.807) is 12.1 Å². The highest BCUT2D eigenvalue weighted by Crippen LogP contribution is 2.14. The highest BCUT2D eigenvalue weighted by atomic mass is 19.1. The predicted molar refractivity (Wildman–Crippen MR) is 58.5 cm³/mol. The molecular weight excluding hydrogens is 209 g/mol. The summed E-state index contributed by atoms with van der Waals surface area (Å²) < 4.78 is 23.5. The third-order valence-electron chi connectivity index (χ3n) is 2.70. The van der Waals surface area contributed by atoms with Crippen molar-refractivity contribution in [3.63, 3.8) is 0 Å². The largest absolute Gasteiger partial charge is 0.379 e. The van der Waals surface area contributed by atoms with Crippen LogP contribution in [0.4, 0.5) is 4.39 Å². The van der Waals surface area contributed by atoms with Gasteiger partial charge in [0.05, 0.1) is 25.4 Å². The molecule has 1 saturated heterocycles. The molecule has 1 aromatic rings. The summed E-state index contributed by atoms with van der Waals surface area (Å²) in [6, 6.07) is 5.99. The Kier molecular flexibility index (Phi) is 3.88. The fourth-order valence-electron chi connectivity index (χ4n) is 1.69. The van der Waals surface area contributed by atoms with Crippen molar-refractivity contribution >= 4 is 0 Å². The quantitative estimate of drug-likeness (QED) is 0.847. The Hall–Kier alpha value is -0.970. The van der Waals surface area contributed by atoms with Crippen molar-refractivity contribution in [3.05, 3.63) is 35.6 Å². The summed E-state index contributed by atoms with van der Waals surface area (Å²) in [5, 5.41) is 0. The van der Waals surface area contributed by atoms with E-state index in [9.17, 15) is 4.39 Å². The lowest BCUT2D eigenvalue weighted by molar-refractivity contribution is 0.0349. The van der Waals surface area contributed by atoms with Gasteiger partial charge in [0.25, 0.3) is 0 Å². The van der Waals surface area contributed by atoms with Crippen LogP contribution < -0.4 is 5.73 Å². The molecule has 3 nitrogen and oxygen atoms in total. The second-order valence-corrected chi connectivity index (χ2v) is 3.98. The van der Waals surface area contributed by atoms with Crippen LogP contribution in [0.25, 0.3) is 0 Å². The second kappa shape index (κ2) is 5.39. The van der Waals surface area contributed by atoms with Crippen molar-refractivity contribution in [2.45, 2.75) is 18.6 Å². The van der Waals surface area contributed by atoms with E-state index >= 15 is 0 Å². The number of hydrogen-bond acceptors (Lipinski definition) is 3. The minimum absolute atomic E-state index is 0.159. The van der Waals surface area contributed by atoms with Gasteiger partial charge in [-0.3, -0.25) is 0 Å². The monoisotopic (exact) mass is 225 g/mol. The van der Waals surface area contributed by atoms with E-state index in [0.29, 0.717) is 13.2 Å². The Morgan fingerprint density at radius 2 is 2.19 bits per heavy atom. The van der Waals surface area contributed by atoms with E-state index in [1.165, 1.54) is 12.1 Å². The van der Waals surface area contributed by atoms with E-state index in [-0.39, 0.29) is 18.0 Å². The van der Waals surface area contributed by atoms with Crippen molar-refractivity contribution in [2.24, 2.45) is 5.73 Å². The summed E-state index contributed by atoms with van der Waals surface area (Å²) in [5.41, 5.74) is 6.82. The smallest absolute Gasteiger partial charge is 0.123 e. The molecule has 1 aromatic carbocycles. The van der Waals surface area contributed by atoms with Crippen molar-refractivity contribution in [1.82, 2.24) is 0 Å². The zero-order chi connectivity index (χ0) is 11.4. The maximum Gasteiger partial charge on any atom is 0.123 e. The second-order valence-electron chi connectivity index (χ2n) is 3.98. The van der Waals surface area contributed by atoms with E-state index < -0.39 is 0 Å². The minimum Gasteiger partial charge on any atom is -0.379 e. The Morgan fingerprint density at radius 1 is 1.44 bits per heavy atom. The molecule has 1 fully saturated rings. The summed E-state index contributed by atoms with van der Waals surface area (Å²) in [5.74, 6) is -0.249. The molecule has 0 aromatic heterocycles. The lowest BCUT2D eigenvalue weighted by atomic mass is 10.1. The molecule has 0 spiro atoms. The van der Waals surface area contributed by atoms with E-state index in [1.807, 2.05) is 0 Å². The van der Waals surface area contributed by atoms with Crippen molar-refractivity contribution < 1.29 is 13.9 Å². The van der Waals surface area contributed by atoms with Crippen LogP contribution in [-0.2, 0) is 9.47 Å². The van der Waals surface area contributed by atoms with Crippen LogP contribution in [0.5, 0.6) is 0 Å². The van der Waals surface area contributed by atoms with Crippen molar-refractivity contribution in [3.8, 4) is 0 Å². The molecule has 0 bridgehead atoms. The summed E-state index contributed by atoms with van der Waals surface area (Å²) in [4.78, 5) is 0. The number of halogens is 1. The predicted octanol–water partition coefficient (Wildman–Crippen LogP) is 1.63. The highest BCUT2D eigenvalue weighted by Gasteiger charge is 2.17. The van der Waals surface area contributed by atoms with E-state index in [2.05, 4.69) is 0 Å². The van der Waals surface area contributed by atoms with Gasteiger partial charge in [-0.25, -0.2) is 4.39 Å². The average Bonchev–Trinajstić information content (AvgIpc) is 2.80. The van der Waals surface area contributed by atoms with Gasteiger partial charge in [0, 0.05) is 6.61 Å². The molecule has 88 valence electrons. The molecule has 0 saturated carbocycles. The van der Waals surface area contributed by atoms with Gasteiger partial charge in [-0.05, 0) is 24.1 Å². The van der Waals surface area contributed by atoms with Gasteiger partial charge >= 0.3 is 0 Å². The van der Waals surface area contributed by atoms with Crippen LogP contribution in [0.2, 0.25) is 0 Å². The van der Waals surface area contributed by atoms with Crippen LogP contribution in [0, 0.1) is 5.82 Å². The van der Waals surface area contributed by atoms with E-state index in [4.69, 9.17) is 15.2 Å². The first-order chi connectivity index (χ1) is 7.75. The van der Waals surface area contributed by atoms with Crippen LogP contribution in [-0.4, -0.2) is 25.9 Å². The van der Waals surface area contributed by atoms with Gasteiger partial charge in [-0.1, -0.05) is 12.1 Å². The standard InChI is InChI=1S/C12H16FNO2/c13-10-3-1-9(2-4-10)12(14)8-16-11-5-6-15-7-11/h1-4,11-12H,5-8,14H2. The first-order valence-electron chi connectivity index (χ1n) is 5.46. The highest BCUT2D eigenvalue weighted by molar-refractivity contribution is 5.19. The van der Waals surface area contributed by atoms with Crippen LogP contribution in [0.1, 0.15) is 18.0 Å². The molecule has 2 unspecified atom stereocenters. The van der Waals surface area contributed by atoms with Gasteiger partial charge in [0.15, 0.2) is 0 Å². The third-order valence-corrected chi connectivity index (χ3v) is 2.70. The number of benzene rings is 1. The minimum atomic E-state index is -0.249. The van der Waals surface area contributed by atoms with Crippen LogP contribution >= 0.6 is 0 Å². The maximum atomic E-state index is 12.7. The third kappa shape index (κ3) is 3.01. The Bertz CT molecular complexity index is 322.